The number of sulfonamides is 1. The van der Waals surface area contributed by atoms with E-state index in [4.69, 9.17) is 27.9 Å². The average Bonchev–Trinajstić information content (AvgIpc) is 2.98. The van der Waals surface area contributed by atoms with E-state index in [9.17, 15) is 13.2 Å². The lowest BCUT2D eigenvalue weighted by atomic mass is 10.2. The van der Waals surface area contributed by atoms with Gasteiger partial charge in [0, 0.05) is 30.0 Å². The Morgan fingerprint density at radius 2 is 1.79 bits per heavy atom. The van der Waals surface area contributed by atoms with Gasteiger partial charge in [-0.2, -0.15) is 4.31 Å². The number of morpholine rings is 1. The van der Waals surface area contributed by atoms with Crippen molar-refractivity contribution < 1.29 is 17.9 Å². The molecule has 0 aromatic heterocycles. The van der Waals surface area contributed by atoms with Crippen molar-refractivity contribution in [3.8, 4) is 0 Å². The summed E-state index contributed by atoms with van der Waals surface area (Å²) >= 11 is 12.0. The summed E-state index contributed by atoms with van der Waals surface area (Å²) in [4.78, 5) is 14.5. The molecular weight excluding hydrogens is 375 g/mol. The number of halogens is 2. The summed E-state index contributed by atoms with van der Waals surface area (Å²) in [7, 11) is -3.81. The van der Waals surface area contributed by atoms with Crippen molar-refractivity contribution in [3.63, 3.8) is 0 Å². The first-order valence-electron chi connectivity index (χ1n) is 7.67. The van der Waals surface area contributed by atoms with Crippen LogP contribution < -0.4 is 0 Å². The zero-order chi connectivity index (χ0) is 17.3. The maximum Gasteiger partial charge on any atom is 0.243 e. The van der Waals surface area contributed by atoms with E-state index in [-0.39, 0.29) is 22.7 Å². The highest BCUT2D eigenvalue weighted by atomic mass is 35.5. The normalized spacial score (nSPS) is 25.8. The number of benzene rings is 1. The van der Waals surface area contributed by atoms with E-state index < -0.39 is 16.1 Å². The molecule has 2 atom stereocenters. The van der Waals surface area contributed by atoms with Gasteiger partial charge >= 0.3 is 0 Å². The van der Waals surface area contributed by atoms with Gasteiger partial charge in [-0.1, -0.05) is 11.6 Å². The largest absolute Gasteiger partial charge is 0.378 e. The second kappa shape index (κ2) is 7.17. The third-order valence-corrected chi connectivity index (χ3v) is 6.69. The molecule has 0 unspecified atom stereocenters. The van der Waals surface area contributed by atoms with E-state index in [2.05, 4.69) is 0 Å². The third-order valence-electron chi connectivity index (χ3n) is 4.23. The molecule has 1 aromatic carbocycles. The molecule has 9 heteroatoms. The molecule has 1 aromatic rings. The Morgan fingerprint density at radius 1 is 1.17 bits per heavy atom. The summed E-state index contributed by atoms with van der Waals surface area (Å²) in [5.41, 5.74) is 0. The van der Waals surface area contributed by atoms with Gasteiger partial charge in [0.15, 0.2) is 0 Å². The molecule has 0 saturated carbocycles. The quantitative estimate of drug-likeness (QED) is 0.732. The Kier molecular flexibility index (Phi) is 5.36. The molecule has 2 fully saturated rings. The lowest BCUT2D eigenvalue weighted by molar-refractivity contribution is -0.138. The molecule has 2 saturated heterocycles. The topological polar surface area (TPSA) is 66.9 Å². The molecule has 132 valence electrons. The molecule has 0 spiro atoms. The second-order valence-corrected chi connectivity index (χ2v) is 8.76. The van der Waals surface area contributed by atoms with Crippen LogP contribution in [0.2, 0.25) is 5.02 Å². The molecular formula is C15H18Cl2N2O4S. The number of amides is 1. The number of alkyl halides is 1. The van der Waals surface area contributed by atoms with Crippen molar-refractivity contribution in [2.75, 3.05) is 32.8 Å². The van der Waals surface area contributed by atoms with E-state index in [0.717, 1.165) is 0 Å². The van der Waals surface area contributed by atoms with Crippen molar-refractivity contribution in [1.82, 2.24) is 9.21 Å². The molecule has 0 N–H and O–H groups in total. The monoisotopic (exact) mass is 392 g/mol. The van der Waals surface area contributed by atoms with Crippen LogP contribution in [0.5, 0.6) is 0 Å². The molecule has 0 bridgehead atoms. The Labute approximate surface area is 151 Å². The van der Waals surface area contributed by atoms with Crippen LogP contribution in [-0.4, -0.2) is 67.8 Å². The smallest absolute Gasteiger partial charge is 0.243 e. The van der Waals surface area contributed by atoms with Gasteiger partial charge in [0.05, 0.1) is 18.1 Å². The highest BCUT2D eigenvalue weighted by Crippen LogP contribution is 2.30. The maximum atomic E-state index is 12.9. The van der Waals surface area contributed by atoms with Crippen molar-refractivity contribution in [2.24, 2.45) is 0 Å². The maximum absolute atomic E-state index is 12.9. The van der Waals surface area contributed by atoms with Gasteiger partial charge in [-0.3, -0.25) is 4.79 Å². The fourth-order valence-corrected chi connectivity index (χ4v) is 5.15. The SMILES string of the molecule is O=C([C@H]1C[C@@H](Cl)CN1S(=O)(=O)c1ccc(Cl)cc1)N1CCOCC1. The number of carbonyl (C=O) groups excluding carboxylic acids is 1. The van der Waals surface area contributed by atoms with E-state index in [1.54, 1.807) is 4.90 Å². The highest BCUT2D eigenvalue weighted by molar-refractivity contribution is 7.89. The first-order valence-corrected chi connectivity index (χ1v) is 9.93. The van der Waals surface area contributed by atoms with Gasteiger partial charge in [-0.25, -0.2) is 8.42 Å². The van der Waals surface area contributed by atoms with Crippen molar-refractivity contribution in [3.05, 3.63) is 29.3 Å². The molecule has 1 amide bonds. The fourth-order valence-electron chi connectivity index (χ4n) is 2.98. The number of rotatable bonds is 3. The molecule has 24 heavy (non-hydrogen) atoms. The van der Waals surface area contributed by atoms with Crippen LogP contribution in [0.4, 0.5) is 0 Å². The molecule has 2 aliphatic rings. The van der Waals surface area contributed by atoms with Gasteiger partial charge in [0.1, 0.15) is 6.04 Å². The molecule has 3 rings (SSSR count). The Balaban J connectivity index is 1.86. The van der Waals surface area contributed by atoms with Crippen LogP contribution in [0, 0.1) is 0 Å². The van der Waals surface area contributed by atoms with Gasteiger partial charge in [0.2, 0.25) is 15.9 Å². The van der Waals surface area contributed by atoms with Crippen LogP contribution in [0.25, 0.3) is 0 Å². The molecule has 0 aliphatic carbocycles. The van der Waals surface area contributed by atoms with Crippen molar-refractivity contribution >= 4 is 39.1 Å². The summed E-state index contributed by atoms with van der Waals surface area (Å²) in [5.74, 6) is -0.209. The van der Waals surface area contributed by atoms with Crippen molar-refractivity contribution in [2.45, 2.75) is 22.7 Å². The Hall–Kier alpha value is -0.860. The lowest BCUT2D eigenvalue weighted by Gasteiger charge is -2.32. The minimum atomic E-state index is -3.81. The minimum absolute atomic E-state index is 0.109. The highest BCUT2D eigenvalue weighted by Gasteiger charge is 2.44. The molecule has 2 aliphatic heterocycles. The van der Waals surface area contributed by atoms with Gasteiger partial charge < -0.3 is 9.64 Å². The zero-order valence-electron chi connectivity index (χ0n) is 12.9. The summed E-state index contributed by atoms with van der Waals surface area (Å²) in [6.07, 6.45) is 0.310. The summed E-state index contributed by atoms with van der Waals surface area (Å²) in [5, 5.41) is 0.0635. The van der Waals surface area contributed by atoms with Crippen molar-refractivity contribution in [1.29, 1.82) is 0 Å². The number of carbonyl (C=O) groups is 1. The summed E-state index contributed by atoms with van der Waals surface area (Å²) < 4.78 is 32.3. The zero-order valence-corrected chi connectivity index (χ0v) is 15.2. The first-order chi connectivity index (χ1) is 11.4. The van der Waals surface area contributed by atoms with Crippen LogP contribution in [0.1, 0.15) is 6.42 Å². The van der Waals surface area contributed by atoms with E-state index in [1.165, 1.54) is 28.6 Å². The number of hydrogen-bond acceptors (Lipinski definition) is 4. The second-order valence-electron chi connectivity index (χ2n) is 5.82. The van der Waals surface area contributed by atoms with Crippen LogP contribution in [0.15, 0.2) is 29.2 Å². The summed E-state index contributed by atoms with van der Waals surface area (Å²) in [6, 6.07) is 5.14. The Bertz CT molecular complexity index is 705. The fraction of sp³-hybridized carbons (Fsp3) is 0.533. The lowest BCUT2D eigenvalue weighted by Crippen LogP contribution is -2.50. The van der Waals surface area contributed by atoms with Gasteiger partial charge in [-0.05, 0) is 30.7 Å². The number of nitrogens with zero attached hydrogens (tertiary/aromatic N) is 2. The van der Waals surface area contributed by atoms with E-state index in [0.29, 0.717) is 37.7 Å². The van der Waals surface area contributed by atoms with Gasteiger partial charge in [0.25, 0.3) is 0 Å². The van der Waals surface area contributed by atoms with Crippen LogP contribution >= 0.6 is 23.2 Å². The van der Waals surface area contributed by atoms with Gasteiger partial charge in [-0.15, -0.1) is 11.6 Å². The minimum Gasteiger partial charge on any atom is -0.378 e. The predicted molar refractivity (Wildman–Crippen MR) is 90.8 cm³/mol. The summed E-state index contributed by atoms with van der Waals surface area (Å²) in [6.45, 7) is 1.99. The van der Waals surface area contributed by atoms with Crippen LogP contribution in [-0.2, 0) is 19.6 Å². The average molecular weight is 393 g/mol. The number of ether oxygens (including phenoxy) is 1. The predicted octanol–water partition coefficient (Wildman–Crippen LogP) is 1.57. The van der Waals surface area contributed by atoms with E-state index in [1.807, 2.05) is 0 Å². The Morgan fingerprint density at radius 3 is 2.42 bits per heavy atom. The molecule has 2 heterocycles. The molecule has 6 nitrogen and oxygen atoms in total. The third kappa shape index (κ3) is 3.55. The number of hydrogen-bond donors (Lipinski definition) is 0. The standard InChI is InChI=1S/C15H18Cl2N2O4S/c16-11-1-3-13(4-2-11)24(21,22)19-10-12(17)9-14(19)15(20)18-5-7-23-8-6-18/h1-4,12,14H,5-10H2/t12-,14-/m1/s1. The molecule has 0 radical (unpaired) electrons. The van der Waals surface area contributed by atoms with E-state index >= 15 is 0 Å². The van der Waals surface area contributed by atoms with Crippen LogP contribution in [0.3, 0.4) is 0 Å². The first kappa shape index (κ1) is 17.9.